The van der Waals surface area contributed by atoms with Gasteiger partial charge >= 0.3 is 0 Å². The predicted molar refractivity (Wildman–Crippen MR) is 90.1 cm³/mol. The molecule has 2 aromatic rings. The lowest BCUT2D eigenvalue weighted by Gasteiger charge is -2.13. The number of aliphatic hydroxyl groups is 1. The molecule has 1 heterocycles. The van der Waals surface area contributed by atoms with Crippen LogP contribution in [0, 0.1) is 0 Å². The maximum Gasteiger partial charge on any atom is 0.0851 e. The van der Waals surface area contributed by atoms with Gasteiger partial charge in [0.1, 0.15) is 0 Å². The van der Waals surface area contributed by atoms with Crippen LogP contribution in [0.1, 0.15) is 36.9 Å². The molecule has 1 aromatic heterocycles. The number of halogens is 3. The first kappa shape index (κ1) is 16.8. The lowest BCUT2D eigenvalue weighted by atomic mass is 10.0. The smallest absolute Gasteiger partial charge is 0.0851 e. The van der Waals surface area contributed by atoms with Crippen molar-refractivity contribution >= 4 is 39.1 Å². The molecule has 0 aliphatic rings. The van der Waals surface area contributed by atoms with Gasteiger partial charge in [-0.3, -0.25) is 4.68 Å². The molecule has 0 fully saturated rings. The highest BCUT2D eigenvalue weighted by Crippen LogP contribution is 2.29. The quantitative estimate of drug-likeness (QED) is 0.793. The molecule has 114 valence electrons. The van der Waals surface area contributed by atoms with Crippen molar-refractivity contribution in [3.05, 3.63) is 49.7 Å². The van der Waals surface area contributed by atoms with E-state index in [0.29, 0.717) is 16.5 Å². The van der Waals surface area contributed by atoms with Crippen LogP contribution in [0.5, 0.6) is 0 Å². The van der Waals surface area contributed by atoms with E-state index in [4.69, 9.17) is 23.2 Å². The van der Waals surface area contributed by atoms with Crippen molar-refractivity contribution in [1.29, 1.82) is 0 Å². The molecule has 3 nitrogen and oxygen atoms in total. The molecular weight excluding hydrogens is 375 g/mol. The van der Waals surface area contributed by atoms with Gasteiger partial charge in [-0.1, -0.05) is 46.1 Å². The van der Waals surface area contributed by atoms with Crippen molar-refractivity contribution in [2.75, 3.05) is 0 Å². The minimum atomic E-state index is -0.677. The first-order chi connectivity index (χ1) is 9.96. The van der Waals surface area contributed by atoms with Crippen LogP contribution < -0.4 is 0 Å². The highest BCUT2D eigenvalue weighted by atomic mass is 79.9. The molecule has 1 N–H and O–H groups in total. The van der Waals surface area contributed by atoms with Crippen LogP contribution in [-0.2, 0) is 19.4 Å². The van der Waals surface area contributed by atoms with E-state index in [1.807, 2.05) is 24.6 Å². The molecule has 6 heteroatoms. The maximum absolute atomic E-state index is 10.5. The Morgan fingerprint density at radius 3 is 2.57 bits per heavy atom. The van der Waals surface area contributed by atoms with Gasteiger partial charge in [-0.05, 0) is 37.1 Å². The second-order valence-electron chi connectivity index (χ2n) is 4.80. The van der Waals surface area contributed by atoms with E-state index < -0.39 is 6.10 Å². The van der Waals surface area contributed by atoms with Crippen molar-refractivity contribution in [2.45, 2.75) is 39.3 Å². The summed E-state index contributed by atoms with van der Waals surface area (Å²) in [4.78, 5) is 0. The molecule has 0 spiro atoms. The lowest BCUT2D eigenvalue weighted by Crippen LogP contribution is -2.09. The normalized spacial score (nSPS) is 12.7. The molecule has 21 heavy (non-hydrogen) atoms. The number of rotatable bonds is 5. The Morgan fingerprint density at radius 2 is 2.00 bits per heavy atom. The van der Waals surface area contributed by atoms with Crippen LogP contribution in [0.4, 0.5) is 0 Å². The number of aryl methyl sites for hydroxylation is 2. The molecule has 2 rings (SSSR count). The van der Waals surface area contributed by atoms with Gasteiger partial charge in [-0.15, -0.1) is 0 Å². The highest BCUT2D eigenvalue weighted by molar-refractivity contribution is 9.10. The Bertz CT molecular complexity index is 623. The average Bonchev–Trinajstić information content (AvgIpc) is 2.74. The third-order valence-corrected chi connectivity index (χ3v) is 4.46. The van der Waals surface area contributed by atoms with Gasteiger partial charge in [0, 0.05) is 22.5 Å². The number of aromatic nitrogens is 2. The number of hydrogen-bond donors (Lipinski definition) is 1. The number of nitrogens with zero attached hydrogens (tertiary/aromatic N) is 2. The van der Waals surface area contributed by atoms with E-state index >= 15 is 0 Å². The zero-order valence-electron chi connectivity index (χ0n) is 11.9. The van der Waals surface area contributed by atoms with E-state index in [1.54, 1.807) is 12.1 Å². The van der Waals surface area contributed by atoms with E-state index in [0.717, 1.165) is 34.4 Å². The van der Waals surface area contributed by atoms with Gasteiger partial charge in [0.05, 0.1) is 22.5 Å². The van der Waals surface area contributed by atoms with Crippen LogP contribution in [0.3, 0.4) is 0 Å². The Kier molecular flexibility index (Phi) is 5.72. The van der Waals surface area contributed by atoms with E-state index in [9.17, 15) is 5.11 Å². The fourth-order valence-electron chi connectivity index (χ4n) is 2.28. The van der Waals surface area contributed by atoms with Crippen LogP contribution >= 0.6 is 39.1 Å². The summed E-state index contributed by atoms with van der Waals surface area (Å²) in [5.41, 5.74) is 2.49. The van der Waals surface area contributed by atoms with E-state index in [1.165, 1.54) is 0 Å². The minimum Gasteiger partial charge on any atom is -0.388 e. The molecule has 0 aliphatic carbocycles. The van der Waals surface area contributed by atoms with Crippen molar-refractivity contribution in [3.63, 3.8) is 0 Å². The van der Waals surface area contributed by atoms with Gasteiger partial charge in [-0.25, -0.2) is 0 Å². The van der Waals surface area contributed by atoms with Crippen LogP contribution in [-0.4, -0.2) is 14.9 Å². The largest absolute Gasteiger partial charge is 0.388 e. The summed E-state index contributed by atoms with van der Waals surface area (Å²) >= 11 is 15.8. The zero-order valence-corrected chi connectivity index (χ0v) is 15.0. The minimum absolute atomic E-state index is 0.409. The van der Waals surface area contributed by atoms with Crippen molar-refractivity contribution < 1.29 is 5.11 Å². The first-order valence-electron chi connectivity index (χ1n) is 6.84. The summed E-state index contributed by atoms with van der Waals surface area (Å²) in [6.07, 6.45) is 0.508. The van der Waals surface area contributed by atoms with Crippen LogP contribution in [0.15, 0.2) is 22.7 Å². The topological polar surface area (TPSA) is 38.0 Å². The summed E-state index contributed by atoms with van der Waals surface area (Å²) < 4.78 is 2.69. The van der Waals surface area contributed by atoms with Crippen LogP contribution in [0.2, 0.25) is 10.0 Å². The monoisotopic (exact) mass is 390 g/mol. The lowest BCUT2D eigenvalue weighted by molar-refractivity contribution is 0.175. The molecule has 0 radical (unpaired) electrons. The molecule has 0 amide bonds. The SMILES string of the molecule is CCc1nn(CC)c(CC(O)c2cc(Cl)cc(Br)c2)c1Cl. The fraction of sp³-hybridized carbons (Fsp3) is 0.400. The highest BCUT2D eigenvalue weighted by Gasteiger charge is 2.19. The number of hydrogen-bond acceptors (Lipinski definition) is 2. The van der Waals surface area contributed by atoms with Crippen molar-refractivity contribution in [3.8, 4) is 0 Å². The maximum atomic E-state index is 10.5. The van der Waals surface area contributed by atoms with Gasteiger partial charge in [0.15, 0.2) is 0 Å². The molecule has 1 unspecified atom stereocenters. The zero-order chi connectivity index (χ0) is 15.6. The second kappa shape index (κ2) is 7.14. The van der Waals surface area contributed by atoms with Gasteiger partial charge in [0.25, 0.3) is 0 Å². The predicted octanol–water partition coefficient (Wildman–Crippen LogP) is 4.81. The summed E-state index contributed by atoms with van der Waals surface area (Å²) in [7, 11) is 0. The summed E-state index contributed by atoms with van der Waals surface area (Å²) in [6, 6.07) is 5.41. The van der Waals surface area contributed by atoms with Gasteiger partial charge in [-0.2, -0.15) is 5.10 Å². The average molecular weight is 392 g/mol. The van der Waals surface area contributed by atoms with Crippen molar-refractivity contribution in [2.24, 2.45) is 0 Å². The molecule has 1 aromatic carbocycles. The Balaban J connectivity index is 2.30. The molecule has 0 aliphatic heterocycles. The molecule has 0 saturated carbocycles. The molecule has 0 bridgehead atoms. The standard InChI is InChI=1S/C15H17BrCl2N2O/c1-3-12-15(18)13(20(4-2)19-12)8-14(21)9-5-10(16)7-11(17)6-9/h5-7,14,21H,3-4,8H2,1-2H3. The van der Waals surface area contributed by atoms with Crippen LogP contribution in [0.25, 0.3) is 0 Å². The third kappa shape index (κ3) is 3.81. The number of benzene rings is 1. The molecule has 1 atom stereocenters. The fourth-order valence-corrected chi connectivity index (χ4v) is 3.51. The third-order valence-electron chi connectivity index (χ3n) is 3.35. The Labute approximate surface area is 143 Å². The van der Waals surface area contributed by atoms with Gasteiger partial charge in [0.2, 0.25) is 0 Å². The summed E-state index contributed by atoms with van der Waals surface area (Å²) in [6.45, 7) is 4.75. The number of aliphatic hydroxyl groups excluding tert-OH is 1. The van der Waals surface area contributed by atoms with E-state index in [2.05, 4.69) is 21.0 Å². The second-order valence-corrected chi connectivity index (χ2v) is 6.53. The molecular formula is C15H17BrCl2N2O. The summed E-state index contributed by atoms with van der Waals surface area (Å²) in [5, 5.41) is 16.2. The Morgan fingerprint density at radius 1 is 1.29 bits per heavy atom. The molecule has 0 saturated heterocycles. The summed E-state index contributed by atoms with van der Waals surface area (Å²) in [5.74, 6) is 0. The van der Waals surface area contributed by atoms with E-state index in [-0.39, 0.29) is 0 Å². The van der Waals surface area contributed by atoms with Crippen molar-refractivity contribution in [1.82, 2.24) is 9.78 Å². The first-order valence-corrected chi connectivity index (χ1v) is 8.39. The Hall–Kier alpha value is -0.550. The van der Waals surface area contributed by atoms with Gasteiger partial charge < -0.3 is 5.11 Å².